The molecule has 1 aliphatic heterocycles. The molecule has 1 unspecified atom stereocenters. The number of Topliss-reactive ketones (excluding diaryl/α,β-unsaturated/α-hetero) is 1. The minimum atomic E-state index is -0.113. The number of carbonyl (C=O) groups is 1. The first-order chi connectivity index (χ1) is 10.2. The second-order valence-electron chi connectivity index (χ2n) is 4.98. The summed E-state index contributed by atoms with van der Waals surface area (Å²) in [5.74, 6) is 1.64. The van der Waals surface area contributed by atoms with Gasteiger partial charge in [-0.15, -0.1) is 0 Å². The van der Waals surface area contributed by atoms with Gasteiger partial charge in [0.2, 0.25) is 0 Å². The standard InChI is InChI=1S/C17H17NO3/c1-20-11-7-8-17(21-2)13(9-11)15-10-16(19)12-5-3-4-6-14(12)18-15/h3-9,15,18H,10H2,1-2H3. The minimum Gasteiger partial charge on any atom is -0.497 e. The van der Waals surface area contributed by atoms with Crippen LogP contribution in [0.25, 0.3) is 0 Å². The van der Waals surface area contributed by atoms with E-state index in [0.29, 0.717) is 6.42 Å². The highest BCUT2D eigenvalue weighted by atomic mass is 16.5. The zero-order chi connectivity index (χ0) is 14.8. The lowest BCUT2D eigenvalue weighted by molar-refractivity contribution is 0.0972. The third kappa shape index (κ3) is 2.44. The topological polar surface area (TPSA) is 47.6 Å². The van der Waals surface area contributed by atoms with E-state index in [1.807, 2.05) is 42.5 Å². The van der Waals surface area contributed by atoms with E-state index in [0.717, 1.165) is 28.3 Å². The van der Waals surface area contributed by atoms with E-state index in [1.54, 1.807) is 14.2 Å². The normalized spacial score (nSPS) is 16.9. The maximum Gasteiger partial charge on any atom is 0.167 e. The van der Waals surface area contributed by atoms with Gasteiger partial charge in [0.1, 0.15) is 11.5 Å². The van der Waals surface area contributed by atoms with E-state index in [-0.39, 0.29) is 11.8 Å². The van der Waals surface area contributed by atoms with Gasteiger partial charge in [0, 0.05) is 23.2 Å². The van der Waals surface area contributed by atoms with Gasteiger partial charge in [0.15, 0.2) is 5.78 Å². The van der Waals surface area contributed by atoms with Gasteiger partial charge in [-0.25, -0.2) is 0 Å². The molecule has 1 N–H and O–H groups in total. The molecule has 0 saturated carbocycles. The van der Waals surface area contributed by atoms with Crippen molar-refractivity contribution in [2.75, 3.05) is 19.5 Å². The van der Waals surface area contributed by atoms with Crippen molar-refractivity contribution >= 4 is 11.5 Å². The fourth-order valence-electron chi connectivity index (χ4n) is 2.69. The van der Waals surface area contributed by atoms with Crippen molar-refractivity contribution in [3.63, 3.8) is 0 Å². The number of carbonyl (C=O) groups excluding carboxylic acids is 1. The predicted octanol–water partition coefficient (Wildman–Crippen LogP) is 3.44. The monoisotopic (exact) mass is 283 g/mol. The molecule has 0 aromatic heterocycles. The number of ether oxygens (including phenoxy) is 2. The first kappa shape index (κ1) is 13.5. The van der Waals surface area contributed by atoms with Crippen molar-refractivity contribution in [3.8, 4) is 11.5 Å². The summed E-state index contributed by atoms with van der Waals surface area (Å²) in [5.41, 5.74) is 2.54. The second kappa shape index (κ2) is 5.48. The lowest BCUT2D eigenvalue weighted by Crippen LogP contribution is -2.23. The average Bonchev–Trinajstić information content (AvgIpc) is 2.54. The summed E-state index contributed by atoms with van der Waals surface area (Å²) in [7, 11) is 3.25. The fraction of sp³-hybridized carbons (Fsp3) is 0.235. The Morgan fingerprint density at radius 3 is 2.67 bits per heavy atom. The van der Waals surface area contributed by atoms with Crippen LogP contribution in [0.1, 0.15) is 28.4 Å². The molecule has 0 spiro atoms. The predicted molar refractivity (Wildman–Crippen MR) is 81.3 cm³/mol. The van der Waals surface area contributed by atoms with Crippen molar-refractivity contribution in [1.29, 1.82) is 0 Å². The Labute approximate surface area is 123 Å². The van der Waals surface area contributed by atoms with Crippen molar-refractivity contribution in [2.45, 2.75) is 12.5 Å². The first-order valence-corrected chi connectivity index (χ1v) is 6.83. The number of hydrogen-bond donors (Lipinski definition) is 1. The molecule has 21 heavy (non-hydrogen) atoms. The van der Waals surface area contributed by atoms with Gasteiger partial charge in [-0.2, -0.15) is 0 Å². The van der Waals surface area contributed by atoms with E-state index < -0.39 is 0 Å². The van der Waals surface area contributed by atoms with Crippen LogP contribution >= 0.6 is 0 Å². The zero-order valence-electron chi connectivity index (χ0n) is 12.1. The van der Waals surface area contributed by atoms with E-state index in [1.165, 1.54) is 0 Å². The van der Waals surface area contributed by atoms with E-state index in [4.69, 9.17) is 9.47 Å². The van der Waals surface area contributed by atoms with Crippen LogP contribution in [0.5, 0.6) is 11.5 Å². The summed E-state index contributed by atoms with van der Waals surface area (Å²) in [6, 6.07) is 13.1. The minimum absolute atomic E-state index is 0.113. The first-order valence-electron chi connectivity index (χ1n) is 6.83. The summed E-state index contributed by atoms with van der Waals surface area (Å²) in [4.78, 5) is 12.3. The van der Waals surface area contributed by atoms with Gasteiger partial charge >= 0.3 is 0 Å². The quantitative estimate of drug-likeness (QED) is 0.937. The Kier molecular flexibility index (Phi) is 3.52. The molecule has 108 valence electrons. The molecule has 1 atom stereocenters. The number of para-hydroxylation sites is 1. The Morgan fingerprint density at radius 1 is 1.10 bits per heavy atom. The molecule has 0 aliphatic carbocycles. The molecule has 0 saturated heterocycles. The number of benzene rings is 2. The molecule has 4 nitrogen and oxygen atoms in total. The van der Waals surface area contributed by atoms with Crippen molar-refractivity contribution < 1.29 is 14.3 Å². The molecule has 4 heteroatoms. The molecule has 2 aromatic carbocycles. The van der Waals surface area contributed by atoms with E-state index in [9.17, 15) is 4.79 Å². The van der Waals surface area contributed by atoms with Crippen LogP contribution in [0.4, 0.5) is 5.69 Å². The Bertz CT molecular complexity index is 681. The Hall–Kier alpha value is -2.49. The molecule has 1 aliphatic rings. The van der Waals surface area contributed by atoms with Crippen LogP contribution in [0.2, 0.25) is 0 Å². The van der Waals surface area contributed by atoms with Crippen LogP contribution < -0.4 is 14.8 Å². The van der Waals surface area contributed by atoms with Crippen LogP contribution in [0.15, 0.2) is 42.5 Å². The zero-order valence-corrected chi connectivity index (χ0v) is 12.1. The smallest absolute Gasteiger partial charge is 0.167 e. The van der Waals surface area contributed by atoms with E-state index >= 15 is 0 Å². The number of nitrogens with one attached hydrogen (secondary N) is 1. The maximum absolute atomic E-state index is 12.3. The lowest BCUT2D eigenvalue weighted by atomic mass is 9.92. The SMILES string of the molecule is COc1ccc(OC)c(C2CC(=O)c3ccccc3N2)c1. The van der Waals surface area contributed by atoms with Crippen LogP contribution in [-0.2, 0) is 0 Å². The number of rotatable bonds is 3. The molecule has 1 heterocycles. The van der Waals surface area contributed by atoms with Gasteiger partial charge in [0.05, 0.1) is 20.3 Å². The van der Waals surface area contributed by atoms with Gasteiger partial charge < -0.3 is 14.8 Å². The fourth-order valence-corrected chi connectivity index (χ4v) is 2.69. The van der Waals surface area contributed by atoms with Gasteiger partial charge in [-0.05, 0) is 30.3 Å². The number of ketones is 1. The summed E-state index contributed by atoms with van der Waals surface area (Å²) in [6.45, 7) is 0. The molecule has 3 rings (SSSR count). The van der Waals surface area contributed by atoms with Gasteiger partial charge in [-0.3, -0.25) is 4.79 Å². The highest BCUT2D eigenvalue weighted by Gasteiger charge is 2.27. The molecule has 0 amide bonds. The summed E-state index contributed by atoms with van der Waals surface area (Å²) < 4.78 is 10.7. The molecule has 0 fully saturated rings. The third-order valence-corrected chi connectivity index (χ3v) is 3.76. The average molecular weight is 283 g/mol. The summed E-state index contributed by atoms with van der Waals surface area (Å²) in [5, 5.41) is 3.41. The summed E-state index contributed by atoms with van der Waals surface area (Å²) >= 11 is 0. The Morgan fingerprint density at radius 2 is 1.90 bits per heavy atom. The number of anilines is 1. The number of methoxy groups -OCH3 is 2. The molecule has 0 bridgehead atoms. The maximum atomic E-state index is 12.3. The number of fused-ring (bicyclic) bond motifs is 1. The highest BCUT2D eigenvalue weighted by Crippen LogP contribution is 2.37. The van der Waals surface area contributed by atoms with Crippen molar-refractivity contribution in [1.82, 2.24) is 0 Å². The highest BCUT2D eigenvalue weighted by molar-refractivity contribution is 6.03. The number of hydrogen-bond acceptors (Lipinski definition) is 4. The molecular formula is C17H17NO3. The van der Waals surface area contributed by atoms with Crippen molar-refractivity contribution in [3.05, 3.63) is 53.6 Å². The molecular weight excluding hydrogens is 266 g/mol. The third-order valence-electron chi connectivity index (χ3n) is 3.76. The molecule has 2 aromatic rings. The van der Waals surface area contributed by atoms with Crippen LogP contribution in [0, 0.1) is 0 Å². The van der Waals surface area contributed by atoms with Crippen LogP contribution in [-0.4, -0.2) is 20.0 Å². The van der Waals surface area contributed by atoms with Gasteiger partial charge in [-0.1, -0.05) is 12.1 Å². The molecule has 0 radical (unpaired) electrons. The summed E-state index contributed by atoms with van der Waals surface area (Å²) in [6.07, 6.45) is 0.403. The van der Waals surface area contributed by atoms with Crippen molar-refractivity contribution in [2.24, 2.45) is 0 Å². The second-order valence-corrected chi connectivity index (χ2v) is 4.98. The lowest BCUT2D eigenvalue weighted by Gasteiger charge is -2.27. The van der Waals surface area contributed by atoms with E-state index in [2.05, 4.69) is 5.32 Å². The van der Waals surface area contributed by atoms with Gasteiger partial charge in [0.25, 0.3) is 0 Å². The largest absolute Gasteiger partial charge is 0.497 e. The Balaban J connectivity index is 2.01. The van der Waals surface area contributed by atoms with Crippen LogP contribution in [0.3, 0.4) is 0 Å².